The monoisotopic (exact) mass is 396 g/mol. The van der Waals surface area contributed by atoms with Crippen molar-refractivity contribution in [3.63, 3.8) is 0 Å². The van der Waals surface area contributed by atoms with Gasteiger partial charge in [0.1, 0.15) is 5.75 Å². The molecule has 0 radical (unpaired) electrons. The number of carbonyl (C=O) groups excluding carboxylic acids is 1. The van der Waals surface area contributed by atoms with Crippen molar-refractivity contribution < 1.29 is 17.9 Å². The zero-order chi connectivity index (χ0) is 19.3. The molecule has 8 heteroatoms. The van der Waals surface area contributed by atoms with Gasteiger partial charge in [-0.05, 0) is 49.2 Å². The highest BCUT2D eigenvalue weighted by atomic mass is 35.5. The van der Waals surface area contributed by atoms with E-state index in [0.29, 0.717) is 11.4 Å². The van der Waals surface area contributed by atoms with Gasteiger partial charge in [0.2, 0.25) is 15.9 Å². The van der Waals surface area contributed by atoms with Gasteiger partial charge in [0.15, 0.2) is 0 Å². The van der Waals surface area contributed by atoms with Gasteiger partial charge in [-0.3, -0.25) is 4.79 Å². The fourth-order valence-electron chi connectivity index (χ4n) is 2.24. The van der Waals surface area contributed by atoms with Gasteiger partial charge in [-0.15, -0.1) is 0 Å². The van der Waals surface area contributed by atoms with Gasteiger partial charge in [-0.2, -0.15) is 4.72 Å². The number of hydrogen-bond donors (Lipinski definition) is 2. The van der Waals surface area contributed by atoms with Crippen LogP contribution in [0.1, 0.15) is 19.4 Å². The molecule has 2 N–H and O–H groups in total. The second kappa shape index (κ2) is 8.53. The smallest absolute Gasteiger partial charge is 0.242 e. The molecule has 0 fully saturated rings. The summed E-state index contributed by atoms with van der Waals surface area (Å²) in [5.41, 5.74) is 1.75. The van der Waals surface area contributed by atoms with Crippen LogP contribution >= 0.6 is 11.6 Å². The molecule has 1 atom stereocenters. The standard InChI is InChI=1S/C18H21ClN2O4S/c1-4-13-5-7-14(8-6-13)20-18(22)12(2)21-26(23,24)15-9-10-17(25-3)16(19)11-15/h5-12,21H,4H2,1-3H3,(H,20,22)/t12-/m0/s1. The van der Waals surface area contributed by atoms with Gasteiger partial charge in [-0.25, -0.2) is 8.42 Å². The van der Waals surface area contributed by atoms with Crippen LogP contribution in [0.2, 0.25) is 5.02 Å². The molecule has 0 spiro atoms. The molecular weight excluding hydrogens is 376 g/mol. The van der Waals surface area contributed by atoms with Crippen molar-refractivity contribution in [1.29, 1.82) is 0 Å². The van der Waals surface area contributed by atoms with Crippen molar-refractivity contribution in [1.82, 2.24) is 4.72 Å². The highest BCUT2D eigenvalue weighted by Crippen LogP contribution is 2.26. The number of methoxy groups -OCH3 is 1. The third-order valence-corrected chi connectivity index (χ3v) is 5.62. The largest absolute Gasteiger partial charge is 0.495 e. The zero-order valence-electron chi connectivity index (χ0n) is 14.7. The number of benzene rings is 2. The van der Waals surface area contributed by atoms with E-state index in [1.54, 1.807) is 12.1 Å². The molecule has 0 aromatic heterocycles. The van der Waals surface area contributed by atoms with E-state index in [1.165, 1.54) is 32.2 Å². The Morgan fingerprint density at radius 2 is 1.85 bits per heavy atom. The quantitative estimate of drug-likeness (QED) is 0.752. The maximum atomic E-state index is 12.4. The van der Waals surface area contributed by atoms with Crippen LogP contribution in [-0.2, 0) is 21.2 Å². The van der Waals surface area contributed by atoms with E-state index in [0.717, 1.165) is 12.0 Å². The SMILES string of the molecule is CCc1ccc(NC(=O)[C@H](C)NS(=O)(=O)c2ccc(OC)c(Cl)c2)cc1. The average Bonchev–Trinajstić information content (AvgIpc) is 2.61. The number of aryl methyl sites for hydroxylation is 1. The van der Waals surface area contributed by atoms with Crippen LogP contribution in [0.3, 0.4) is 0 Å². The fourth-order valence-corrected chi connectivity index (χ4v) is 3.79. The molecule has 0 saturated carbocycles. The summed E-state index contributed by atoms with van der Waals surface area (Å²) in [6.07, 6.45) is 0.898. The zero-order valence-corrected chi connectivity index (χ0v) is 16.3. The van der Waals surface area contributed by atoms with E-state index in [2.05, 4.69) is 10.0 Å². The molecule has 1 amide bonds. The maximum Gasteiger partial charge on any atom is 0.242 e. The summed E-state index contributed by atoms with van der Waals surface area (Å²) in [5.74, 6) is -0.0932. The lowest BCUT2D eigenvalue weighted by molar-refractivity contribution is -0.117. The number of anilines is 1. The number of amides is 1. The second-order valence-corrected chi connectivity index (χ2v) is 7.80. The molecule has 2 aromatic rings. The molecule has 26 heavy (non-hydrogen) atoms. The lowest BCUT2D eigenvalue weighted by Gasteiger charge is -2.15. The number of rotatable bonds is 7. The van der Waals surface area contributed by atoms with Crippen LogP contribution in [0.5, 0.6) is 5.75 Å². The van der Waals surface area contributed by atoms with Gasteiger partial charge in [-0.1, -0.05) is 30.7 Å². The minimum atomic E-state index is -3.91. The highest BCUT2D eigenvalue weighted by molar-refractivity contribution is 7.89. The van der Waals surface area contributed by atoms with E-state index >= 15 is 0 Å². The Morgan fingerprint density at radius 3 is 2.38 bits per heavy atom. The second-order valence-electron chi connectivity index (χ2n) is 5.68. The lowest BCUT2D eigenvalue weighted by atomic mass is 10.1. The molecule has 0 heterocycles. The molecule has 0 aliphatic heterocycles. The van der Waals surface area contributed by atoms with Gasteiger partial charge in [0, 0.05) is 5.69 Å². The highest BCUT2D eigenvalue weighted by Gasteiger charge is 2.23. The van der Waals surface area contributed by atoms with Crippen molar-refractivity contribution in [3.8, 4) is 5.75 Å². The first-order valence-electron chi connectivity index (χ1n) is 8.02. The summed E-state index contributed by atoms with van der Waals surface area (Å²) in [5, 5.41) is 2.85. The van der Waals surface area contributed by atoms with Crippen molar-refractivity contribution in [3.05, 3.63) is 53.1 Å². The van der Waals surface area contributed by atoms with Gasteiger partial charge < -0.3 is 10.1 Å². The number of carbonyl (C=O) groups is 1. The van der Waals surface area contributed by atoms with Crippen molar-refractivity contribution in [2.45, 2.75) is 31.2 Å². The molecule has 0 bridgehead atoms. The number of sulfonamides is 1. The number of hydrogen-bond acceptors (Lipinski definition) is 4. The first-order chi connectivity index (χ1) is 12.3. The summed E-state index contributed by atoms with van der Waals surface area (Å²) in [7, 11) is -2.47. The third kappa shape index (κ3) is 4.97. The van der Waals surface area contributed by atoms with Crippen LogP contribution < -0.4 is 14.8 Å². The minimum absolute atomic E-state index is 0.0461. The first kappa shape index (κ1) is 20.2. The Bertz CT molecular complexity index is 883. The van der Waals surface area contributed by atoms with E-state index in [4.69, 9.17) is 16.3 Å². The number of halogens is 1. The number of ether oxygens (including phenoxy) is 1. The van der Waals surface area contributed by atoms with Crippen LogP contribution in [-0.4, -0.2) is 27.5 Å². The Labute approximate surface area is 158 Å². The van der Waals surface area contributed by atoms with Gasteiger partial charge >= 0.3 is 0 Å². The predicted octanol–water partition coefficient (Wildman–Crippen LogP) is 3.22. The van der Waals surface area contributed by atoms with Crippen LogP contribution in [0.15, 0.2) is 47.4 Å². The van der Waals surface area contributed by atoms with Crippen LogP contribution in [0.4, 0.5) is 5.69 Å². The lowest BCUT2D eigenvalue weighted by Crippen LogP contribution is -2.41. The van der Waals surface area contributed by atoms with E-state index in [1.807, 2.05) is 19.1 Å². The Morgan fingerprint density at radius 1 is 1.19 bits per heavy atom. The molecule has 0 unspecified atom stereocenters. The number of nitrogens with one attached hydrogen (secondary N) is 2. The van der Waals surface area contributed by atoms with Crippen LogP contribution in [0, 0.1) is 0 Å². The first-order valence-corrected chi connectivity index (χ1v) is 9.88. The van der Waals surface area contributed by atoms with E-state index < -0.39 is 22.0 Å². The molecule has 2 aromatic carbocycles. The molecular formula is C18H21ClN2O4S. The normalized spacial score (nSPS) is 12.5. The molecule has 0 aliphatic carbocycles. The molecule has 140 valence electrons. The van der Waals surface area contributed by atoms with Crippen molar-refractivity contribution in [2.24, 2.45) is 0 Å². The van der Waals surface area contributed by atoms with E-state index in [9.17, 15) is 13.2 Å². The minimum Gasteiger partial charge on any atom is -0.495 e. The maximum absolute atomic E-state index is 12.4. The molecule has 6 nitrogen and oxygen atoms in total. The van der Waals surface area contributed by atoms with Crippen molar-refractivity contribution >= 4 is 33.2 Å². The summed E-state index contributed by atoms with van der Waals surface area (Å²) in [4.78, 5) is 12.2. The summed E-state index contributed by atoms with van der Waals surface area (Å²) in [6.45, 7) is 3.51. The molecule has 0 saturated heterocycles. The fraction of sp³-hybridized carbons (Fsp3) is 0.278. The Kier molecular flexibility index (Phi) is 6.63. The predicted molar refractivity (Wildman–Crippen MR) is 102 cm³/mol. The Hall–Kier alpha value is -2.09. The Balaban J connectivity index is 2.07. The summed E-state index contributed by atoms with van der Waals surface area (Å²) in [6, 6.07) is 10.5. The van der Waals surface area contributed by atoms with Crippen LogP contribution in [0.25, 0.3) is 0 Å². The summed E-state index contributed by atoms with van der Waals surface area (Å²) < 4.78 is 32.2. The van der Waals surface area contributed by atoms with Gasteiger partial charge in [0.25, 0.3) is 0 Å². The summed E-state index contributed by atoms with van der Waals surface area (Å²) >= 11 is 5.97. The molecule has 0 aliphatic rings. The van der Waals surface area contributed by atoms with Crippen molar-refractivity contribution in [2.75, 3.05) is 12.4 Å². The molecule has 2 rings (SSSR count). The van der Waals surface area contributed by atoms with E-state index in [-0.39, 0.29) is 9.92 Å². The van der Waals surface area contributed by atoms with Gasteiger partial charge in [0.05, 0.1) is 23.1 Å². The average molecular weight is 397 g/mol. The third-order valence-electron chi connectivity index (χ3n) is 3.79. The topological polar surface area (TPSA) is 84.5 Å².